The Morgan fingerprint density at radius 1 is 1.19 bits per heavy atom. The summed E-state index contributed by atoms with van der Waals surface area (Å²) < 4.78 is 0. The highest BCUT2D eigenvalue weighted by atomic mass is 15.3. The highest BCUT2D eigenvalue weighted by Crippen LogP contribution is 2.30. The van der Waals surface area contributed by atoms with Gasteiger partial charge in [-0.25, -0.2) is 0 Å². The second kappa shape index (κ2) is 6.47. The van der Waals surface area contributed by atoms with Crippen LogP contribution < -0.4 is 5.73 Å². The summed E-state index contributed by atoms with van der Waals surface area (Å²) in [6, 6.07) is 10.8. The van der Waals surface area contributed by atoms with Crippen LogP contribution in [0.1, 0.15) is 32.8 Å². The van der Waals surface area contributed by atoms with Crippen LogP contribution in [0.5, 0.6) is 0 Å². The van der Waals surface area contributed by atoms with E-state index in [1.165, 1.54) is 5.56 Å². The molecular formula is C18H31N3. The van der Waals surface area contributed by atoms with Crippen LogP contribution in [-0.2, 0) is 6.42 Å². The summed E-state index contributed by atoms with van der Waals surface area (Å²) in [5.74, 6) is 0. The molecule has 1 aliphatic heterocycles. The van der Waals surface area contributed by atoms with E-state index in [-0.39, 0.29) is 11.1 Å². The Kier molecular flexibility index (Phi) is 5.07. The molecule has 3 nitrogen and oxygen atoms in total. The molecule has 0 spiro atoms. The number of benzene rings is 1. The number of nitrogens with two attached hydrogens (primary N) is 1. The van der Waals surface area contributed by atoms with Gasteiger partial charge >= 0.3 is 0 Å². The molecule has 2 rings (SSSR count). The van der Waals surface area contributed by atoms with Gasteiger partial charge < -0.3 is 5.73 Å². The number of nitrogens with zero attached hydrogens (tertiary/aromatic N) is 2. The van der Waals surface area contributed by atoms with Gasteiger partial charge in [0.05, 0.1) is 0 Å². The average Bonchev–Trinajstić information content (AvgIpc) is 2.49. The number of piperazine rings is 1. The van der Waals surface area contributed by atoms with E-state index in [2.05, 4.69) is 68.0 Å². The van der Waals surface area contributed by atoms with E-state index in [0.717, 1.165) is 39.0 Å². The summed E-state index contributed by atoms with van der Waals surface area (Å²) in [6.45, 7) is 11.0. The molecule has 0 aliphatic carbocycles. The topological polar surface area (TPSA) is 32.5 Å². The Labute approximate surface area is 130 Å². The van der Waals surface area contributed by atoms with Gasteiger partial charge in [-0.1, -0.05) is 37.3 Å². The van der Waals surface area contributed by atoms with E-state index in [0.29, 0.717) is 0 Å². The lowest BCUT2D eigenvalue weighted by atomic mass is 9.83. The van der Waals surface area contributed by atoms with Crippen molar-refractivity contribution in [2.45, 2.75) is 44.7 Å². The Hall–Kier alpha value is -0.900. The third kappa shape index (κ3) is 3.47. The van der Waals surface area contributed by atoms with Gasteiger partial charge in [0.15, 0.2) is 0 Å². The lowest BCUT2D eigenvalue weighted by Gasteiger charge is -2.53. The molecule has 3 heteroatoms. The van der Waals surface area contributed by atoms with Crippen LogP contribution in [0.15, 0.2) is 30.3 Å². The lowest BCUT2D eigenvalue weighted by Crippen LogP contribution is -2.66. The maximum Gasteiger partial charge on any atom is 0.0370 e. The van der Waals surface area contributed by atoms with Crippen LogP contribution in [0.25, 0.3) is 0 Å². The predicted octanol–water partition coefficient (Wildman–Crippen LogP) is 2.36. The summed E-state index contributed by atoms with van der Waals surface area (Å²) in [7, 11) is 2.23. The number of rotatable bonds is 5. The minimum absolute atomic E-state index is 0.0832. The largest absolute Gasteiger partial charge is 0.329 e. The van der Waals surface area contributed by atoms with Crippen molar-refractivity contribution in [2.24, 2.45) is 5.73 Å². The van der Waals surface area contributed by atoms with Crippen LogP contribution in [-0.4, -0.2) is 54.1 Å². The zero-order valence-corrected chi connectivity index (χ0v) is 14.1. The van der Waals surface area contributed by atoms with Crippen molar-refractivity contribution in [3.63, 3.8) is 0 Å². The van der Waals surface area contributed by atoms with E-state index in [1.807, 2.05) is 0 Å². The molecule has 1 heterocycles. The average molecular weight is 289 g/mol. The predicted molar refractivity (Wildman–Crippen MR) is 90.5 cm³/mol. The normalized spacial score (nSPS) is 22.9. The summed E-state index contributed by atoms with van der Waals surface area (Å²) in [4.78, 5) is 5.10. The first-order valence-corrected chi connectivity index (χ1v) is 8.14. The molecule has 1 saturated heterocycles. The van der Waals surface area contributed by atoms with Gasteiger partial charge in [0.2, 0.25) is 0 Å². The quantitative estimate of drug-likeness (QED) is 0.903. The standard InChI is InChI=1S/C18H31N3/c1-5-18(14-19,13-16-9-7-6-8-10-16)21-12-11-20(4)17(2,3)15-21/h6-10H,5,11-15,19H2,1-4H3. The van der Waals surface area contributed by atoms with E-state index in [9.17, 15) is 0 Å². The van der Waals surface area contributed by atoms with Gasteiger partial charge in [-0.2, -0.15) is 0 Å². The molecule has 21 heavy (non-hydrogen) atoms. The SMILES string of the molecule is CCC(CN)(Cc1ccccc1)N1CCN(C)C(C)(C)C1. The van der Waals surface area contributed by atoms with Crippen molar-refractivity contribution in [2.75, 3.05) is 33.2 Å². The fraction of sp³-hybridized carbons (Fsp3) is 0.667. The molecule has 1 unspecified atom stereocenters. The zero-order valence-electron chi connectivity index (χ0n) is 14.1. The maximum atomic E-state index is 6.26. The maximum absolute atomic E-state index is 6.26. The van der Waals surface area contributed by atoms with Gasteiger partial charge in [0.1, 0.15) is 0 Å². The van der Waals surface area contributed by atoms with Crippen molar-refractivity contribution in [3.05, 3.63) is 35.9 Å². The minimum atomic E-state index is 0.0832. The third-order valence-corrected chi connectivity index (χ3v) is 5.40. The smallest absolute Gasteiger partial charge is 0.0370 e. The Morgan fingerprint density at radius 2 is 1.86 bits per heavy atom. The molecular weight excluding hydrogens is 258 g/mol. The van der Waals surface area contributed by atoms with Crippen molar-refractivity contribution in [1.82, 2.24) is 9.80 Å². The fourth-order valence-electron chi connectivity index (χ4n) is 3.43. The van der Waals surface area contributed by atoms with Gasteiger partial charge in [0.25, 0.3) is 0 Å². The molecule has 0 radical (unpaired) electrons. The number of likely N-dealkylation sites (N-methyl/N-ethyl adjacent to an activating group) is 1. The molecule has 0 amide bonds. The summed E-state index contributed by atoms with van der Waals surface area (Å²) in [5, 5.41) is 0. The lowest BCUT2D eigenvalue weighted by molar-refractivity contribution is -0.0238. The molecule has 118 valence electrons. The van der Waals surface area contributed by atoms with Crippen LogP contribution in [0, 0.1) is 0 Å². The third-order valence-electron chi connectivity index (χ3n) is 5.40. The van der Waals surface area contributed by atoms with Crippen LogP contribution in [0.3, 0.4) is 0 Å². The Bertz CT molecular complexity index is 437. The molecule has 1 atom stereocenters. The van der Waals surface area contributed by atoms with Crippen molar-refractivity contribution in [1.29, 1.82) is 0 Å². The molecule has 1 aromatic carbocycles. The first kappa shape index (κ1) is 16.5. The van der Waals surface area contributed by atoms with Gasteiger partial charge in [0, 0.05) is 37.3 Å². The van der Waals surface area contributed by atoms with Crippen molar-refractivity contribution in [3.8, 4) is 0 Å². The molecule has 0 saturated carbocycles. The van der Waals surface area contributed by atoms with E-state index < -0.39 is 0 Å². The molecule has 1 fully saturated rings. The molecule has 0 bridgehead atoms. The Balaban J connectivity index is 2.21. The van der Waals surface area contributed by atoms with Gasteiger partial charge in [-0.3, -0.25) is 9.80 Å². The van der Waals surface area contributed by atoms with Crippen molar-refractivity contribution >= 4 is 0 Å². The zero-order chi connectivity index (χ0) is 15.5. The van der Waals surface area contributed by atoms with Gasteiger partial charge in [-0.15, -0.1) is 0 Å². The molecule has 1 aromatic rings. The fourth-order valence-corrected chi connectivity index (χ4v) is 3.43. The van der Waals surface area contributed by atoms with E-state index in [1.54, 1.807) is 0 Å². The van der Waals surface area contributed by atoms with Crippen LogP contribution in [0.2, 0.25) is 0 Å². The monoisotopic (exact) mass is 289 g/mol. The number of hydrogen-bond donors (Lipinski definition) is 1. The highest BCUT2D eigenvalue weighted by molar-refractivity contribution is 5.19. The summed E-state index contributed by atoms with van der Waals surface area (Å²) in [6.07, 6.45) is 2.14. The summed E-state index contributed by atoms with van der Waals surface area (Å²) in [5.41, 5.74) is 7.95. The van der Waals surface area contributed by atoms with E-state index in [4.69, 9.17) is 5.73 Å². The Morgan fingerprint density at radius 3 is 2.38 bits per heavy atom. The van der Waals surface area contributed by atoms with Crippen molar-refractivity contribution < 1.29 is 0 Å². The first-order valence-electron chi connectivity index (χ1n) is 8.14. The second-order valence-electron chi connectivity index (χ2n) is 7.10. The second-order valence-corrected chi connectivity index (χ2v) is 7.10. The number of hydrogen-bond acceptors (Lipinski definition) is 3. The highest BCUT2D eigenvalue weighted by Gasteiger charge is 2.41. The van der Waals surface area contributed by atoms with Crippen LogP contribution in [0.4, 0.5) is 0 Å². The summed E-state index contributed by atoms with van der Waals surface area (Å²) >= 11 is 0. The van der Waals surface area contributed by atoms with Gasteiger partial charge in [-0.05, 0) is 39.3 Å². The van der Waals surface area contributed by atoms with E-state index >= 15 is 0 Å². The minimum Gasteiger partial charge on any atom is -0.329 e. The molecule has 1 aliphatic rings. The molecule has 2 N–H and O–H groups in total. The van der Waals surface area contributed by atoms with Crippen LogP contribution >= 0.6 is 0 Å². The first-order chi connectivity index (χ1) is 9.93. The molecule has 0 aromatic heterocycles.